The van der Waals surface area contributed by atoms with Gasteiger partial charge in [0.25, 0.3) is 0 Å². The topological polar surface area (TPSA) is 37.3 Å². The van der Waals surface area contributed by atoms with Crippen LogP contribution in [0.25, 0.3) is 0 Å². The molecule has 0 saturated heterocycles. The molecule has 0 spiro atoms. The van der Waals surface area contributed by atoms with Gasteiger partial charge in [-0.25, -0.2) is 9.18 Å². The number of halogens is 1. The molecule has 0 aliphatic heterocycles. The monoisotopic (exact) mass is 379 g/mol. The van der Waals surface area contributed by atoms with E-state index in [0.29, 0.717) is 25.6 Å². The summed E-state index contributed by atoms with van der Waals surface area (Å²) in [5, 5.41) is 2.96. The molecule has 146 valence electrons. The van der Waals surface area contributed by atoms with Crippen LogP contribution in [-0.2, 0) is 13.1 Å². The largest absolute Gasteiger partial charge is 0.345 e. The van der Waals surface area contributed by atoms with Crippen molar-refractivity contribution in [3.8, 4) is 0 Å². The maximum absolute atomic E-state index is 13.5. The van der Waals surface area contributed by atoms with Crippen LogP contribution in [0.4, 0.5) is 14.9 Å². The minimum Gasteiger partial charge on any atom is -0.345 e. The van der Waals surface area contributed by atoms with Gasteiger partial charge in [0.05, 0.1) is 6.54 Å². The van der Waals surface area contributed by atoms with Crippen molar-refractivity contribution in [3.63, 3.8) is 0 Å². The standard InChI is InChI=1S/C23H26FN3O/c1-18(2)15-27(23(28)25-21-10-4-3-5-11-21)17-22-12-7-13-26(22)16-19-8-6-9-20(24)14-19/h3-14,18H,15-17H2,1-2H3,(H,25,28). The van der Waals surface area contributed by atoms with Gasteiger partial charge in [0.2, 0.25) is 0 Å². The molecule has 1 N–H and O–H groups in total. The summed E-state index contributed by atoms with van der Waals surface area (Å²) in [7, 11) is 0. The number of hydrogen-bond acceptors (Lipinski definition) is 1. The number of urea groups is 1. The normalized spacial score (nSPS) is 10.9. The predicted octanol–water partition coefficient (Wildman–Crippen LogP) is 5.37. The molecule has 0 atom stereocenters. The van der Waals surface area contributed by atoms with E-state index in [1.165, 1.54) is 12.1 Å². The first kappa shape index (κ1) is 19.7. The molecule has 0 aliphatic carbocycles. The molecule has 0 unspecified atom stereocenters. The van der Waals surface area contributed by atoms with Gasteiger partial charge in [-0.1, -0.05) is 44.2 Å². The van der Waals surface area contributed by atoms with Crippen molar-refractivity contribution in [2.75, 3.05) is 11.9 Å². The highest BCUT2D eigenvalue weighted by molar-refractivity contribution is 5.89. The number of para-hydroxylation sites is 1. The molecule has 1 heterocycles. The lowest BCUT2D eigenvalue weighted by Gasteiger charge is -2.25. The molecule has 2 amide bonds. The number of nitrogens with one attached hydrogen (secondary N) is 1. The Morgan fingerprint density at radius 2 is 1.86 bits per heavy atom. The van der Waals surface area contributed by atoms with E-state index in [-0.39, 0.29) is 11.8 Å². The number of anilines is 1. The van der Waals surface area contributed by atoms with Crippen molar-refractivity contribution in [2.45, 2.75) is 26.9 Å². The summed E-state index contributed by atoms with van der Waals surface area (Å²) in [6.45, 7) is 5.88. The summed E-state index contributed by atoms with van der Waals surface area (Å²) in [5.74, 6) is 0.100. The van der Waals surface area contributed by atoms with Crippen molar-refractivity contribution in [2.24, 2.45) is 5.92 Å². The van der Waals surface area contributed by atoms with Gasteiger partial charge in [-0.3, -0.25) is 0 Å². The van der Waals surface area contributed by atoms with E-state index in [1.54, 1.807) is 6.07 Å². The third kappa shape index (κ3) is 5.46. The molecule has 28 heavy (non-hydrogen) atoms. The van der Waals surface area contributed by atoms with Crippen LogP contribution < -0.4 is 5.32 Å². The smallest absolute Gasteiger partial charge is 0.322 e. The van der Waals surface area contributed by atoms with E-state index in [1.807, 2.05) is 59.6 Å². The number of amides is 2. The van der Waals surface area contributed by atoms with Crippen molar-refractivity contribution < 1.29 is 9.18 Å². The number of hydrogen-bond donors (Lipinski definition) is 1. The fraction of sp³-hybridized carbons (Fsp3) is 0.261. The zero-order valence-electron chi connectivity index (χ0n) is 16.3. The minimum atomic E-state index is -0.241. The summed E-state index contributed by atoms with van der Waals surface area (Å²) < 4.78 is 15.5. The summed E-state index contributed by atoms with van der Waals surface area (Å²) in [6.07, 6.45) is 1.96. The molecule has 0 saturated carbocycles. The SMILES string of the molecule is CC(C)CN(Cc1cccn1Cc1cccc(F)c1)C(=O)Nc1ccccc1. The average Bonchev–Trinajstić information content (AvgIpc) is 3.08. The second-order valence-electron chi connectivity index (χ2n) is 7.33. The zero-order valence-corrected chi connectivity index (χ0v) is 16.3. The second kappa shape index (κ2) is 9.22. The van der Waals surface area contributed by atoms with Gasteiger partial charge in [0.15, 0.2) is 0 Å². The third-order valence-electron chi connectivity index (χ3n) is 4.42. The quantitative estimate of drug-likeness (QED) is 0.589. The molecule has 5 heteroatoms. The number of benzene rings is 2. The Bertz CT molecular complexity index is 905. The Kier molecular flexibility index (Phi) is 6.48. The van der Waals surface area contributed by atoms with Crippen molar-refractivity contribution in [1.82, 2.24) is 9.47 Å². The molecule has 0 radical (unpaired) electrons. The van der Waals surface area contributed by atoms with Gasteiger partial charge in [0.1, 0.15) is 5.82 Å². The summed E-state index contributed by atoms with van der Waals surface area (Å²) in [6, 6.07) is 19.9. The number of carbonyl (C=O) groups excluding carboxylic acids is 1. The minimum absolute atomic E-state index is 0.126. The van der Waals surface area contributed by atoms with Crippen molar-refractivity contribution >= 4 is 11.7 Å². The molecule has 3 rings (SSSR count). The van der Waals surface area contributed by atoms with E-state index in [9.17, 15) is 9.18 Å². The first-order valence-corrected chi connectivity index (χ1v) is 9.50. The highest BCUT2D eigenvalue weighted by Gasteiger charge is 2.17. The zero-order chi connectivity index (χ0) is 19.9. The van der Waals surface area contributed by atoms with E-state index in [4.69, 9.17) is 0 Å². The van der Waals surface area contributed by atoms with Crippen LogP contribution in [0.3, 0.4) is 0 Å². The van der Waals surface area contributed by atoms with Gasteiger partial charge < -0.3 is 14.8 Å². The fourth-order valence-corrected chi connectivity index (χ4v) is 3.16. The molecule has 0 aliphatic rings. The highest BCUT2D eigenvalue weighted by atomic mass is 19.1. The lowest BCUT2D eigenvalue weighted by molar-refractivity contribution is 0.200. The van der Waals surface area contributed by atoms with Crippen LogP contribution in [0.2, 0.25) is 0 Å². The summed E-state index contributed by atoms with van der Waals surface area (Å²) in [4.78, 5) is 14.7. The number of aromatic nitrogens is 1. The number of carbonyl (C=O) groups is 1. The molecule has 2 aromatic carbocycles. The van der Waals surface area contributed by atoms with E-state index in [0.717, 1.165) is 16.9 Å². The lowest BCUT2D eigenvalue weighted by atomic mass is 10.2. The molecule has 0 fully saturated rings. The summed E-state index contributed by atoms with van der Waals surface area (Å²) >= 11 is 0. The first-order chi connectivity index (χ1) is 13.5. The number of nitrogens with zero attached hydrogens (tertiary/aromatic N) is 2. The van der Waals surface area contributed by atoms with Gasteiger partial charge >= 0.3 is 6.03 Å². The van der Waals surface area contributed by atoms with Gasteiger partial charge in [-0.2, -0.15) is 0 Å². The molecule has 1 aromatic heterocycles. The molecule has 0 bridgehead atoms. The van der Waals surface area contributed by atoms with Crippen LogP contribution in [0.5, 0.6) is 0 Å². The Hall–Kier alpha value is -3.08. The van der Waals surface area contributed by atoms with Crippen LogP contribution >= 0.6 is 0 Å². The van der Waals surface area contributed by atoms with Gasteiger partial charge in [-0.05, 0) is 47.9 Å². The third-order valence-corrected chi connectivity index (χ3v) is 4.42. The fourth-order valence-electron chi connectivity index (χ4n) is 3.16. The predicted molar refractivity (Wildman–Crippen MR) is 111 cm³/mol. The van der Waals surface area contributed by atoms with Crippen LogP contribution in [0.1, 0.15) is 25.1 Å². The Labute approximate surface area is 165 Å². The lowest BCUT2D eigenvalue weighted by Crippen LogP contribution is -2.37. The molecule has 3 aromatic rings. The molecular weight excluding hydrogens is 353 g/mol. The van der Waals surface area contributed by atoms with Crippen molar-refractivity contribution in [3.05, 3.63) is 90.0 Å². The Morgan fingerprint density at radius 1 is 1.07 bits per heavy atom. The number of rotatable bonds is 7. The van der Waals surface area contributed by atoms with Crippen molar-refractivity contribution in [1.29, 1.82) is 0 Å². The maximum atomic E-state index is 13.5. The van der Waals surface area contributed by atoms with Gasteiger partial charge in [0, 0.05) is 30.7 Å². The summed E-state index contributed by atoms with van der Waals surface area (Å²) in [5.41, 5.74) is 2.67. The van der Waals surface area contributed by atoms with Crippen LogP contribution in [0, 0.1) is 11.7 Å². The van der Waals surface area contributed by atoms with Crippen LogP contribution in [0.15, 0.2) is 72.9 Å². The van der Waals surface area contributed by atoms with Crippen LogP contribution in [-0.4, -0.2) is 22.0 Å². The molecular formula is C23H26FN3O. The molecule has 4 nitrogen and oxygen atoms in total. The highest BCUT2D eigenvalue weighted by Crippen LogP contribution is 2.15. The van der Waals surface area contributed by atoms with E-state index < -0.39 is 0 Å². The van der Waals surface area contributed by atoms with Gasteiger partial charge in [-0.15, -0.1) is 0 Å². The van der Waals surface area contributed by atoms with E-state index >= 15 is 0 Å². The Balaban J connectivity index is 1.74. The Morgan fingerprint density at radius 3 is 2.57 bits per heavy atom. The maximum Gasteiger partial charge on any atom is 0.322 e. The second-order valence-corrected chi connectivity index (χ2v) is 7.33. The first-order valence-electron chi connectivity index (χ1n) is 9.50. The van der Waals surface area contributed by atoms with E-state index in [2.05, 4.69) is 23.7 Å². The average molecular weight is 379 g/mol.